The zero-order valence-corrected chi connectivity index (χ0v) is 12.3. The van der Waals surface area contributed by atoms with Crippen LogP contribution in [0.15, 0.2) is 6.07 Å². The number of rotatable bonds is 5. The summed E-state index contributed by atoms with van der Waals surface area (Å²) in [5.74, 6) is -1.11. The molecule has 0 radical (unpaired) electrons. The minimum Gasteiger partial charge on any atom is -0.481 e. The summed E-state index contributed by atoms with van der Waals surface area (Å²) in [7, 11) is 1.81. The van der Waals surface area contributed by atoms with Crippen LogP contribution in [-0.2, 0) is 11.8 Å². The van der Waals surface area contributed by atoms with Crippen LogP contribution >= 0.6 is 0 Å². The molecule has 2 aromatic rings. The maximum atomic E-state index is 12.1. The molecule has 7 heteroatoms. The minimum atomic E-state index is -0.866. The number of nitrogens with one attached hydrogen (secondary N) is 1. The predicted molar refractivity (Wildman–Crippen MR) is 77.2 cm³/mol. The van der Waals surface area contributed by atoms with Crippen molar-refractivity contribution in [2.75, 3.05) is 6.54 Å². The van der Waals surface area contributed by atoms with Crippen LogP contribution in [0.4, 0.5) is 0 Å². The Hall–Kier alpha value is -2.44. The number of carbonyl (C=O) groups is 2. The molecule has 0 aliphatic carbocycles. The standard InChI is InChI=1S/C14H18N4O3/c1-8-11(14(21)15-6-4-5-12(19)20)7-10-9(2)17-18(3)13(10)16-8/h7H,4-6H2,1-3H3,(H,15,21)(H,19,20). The number of carboxylic acids is 1. The largest absolute Gasteiger partial charge is 0.481 e. The molecule has 0 saturated carbocycles. The summed E-state index contributed by atoms with van der Waals surface area (Å²) >= 11 is 0. The lowest BCUT2D eigenvalue weighted by Gasteiger charge is -2.07. The number of aryl methyl sites for hydroxylation is 3. The van der Waals surface area contributed by atoms with Crippen molar-refractivity contribution in [3.63, 3.8) is 0 Å². The monoisotopic (exact) mass is 290 g/mol. The number of aliphatic carboxylic acids is 1. The second-order valence-corrected chi connectivity index (χ2v) is 4.95. The van der Waals surface area contributed by atoms with E-state index in [4.69, 9.17) is 5.11 Å². The van der Waals surface area contributed by atoms with Crippen LogP contribution in [0.2, 0.25) is 0 Å². The molecule has 2 heterocycles. The molecule has 0 unspecified atom stereocenters. The lowest BCUT2D eigenvalue weighted by atomic mass is 10.1. The van der Waals surface area contributed by atoms with Gasteiger partial charge in [-0.05, 0) is 26.3 Å². The molecule has 0 aliphatic rings. The highest BCUT2D eigenvalue weighted by Gasteiger charge is 2.15. The van der Waals surface area contributed by atoms with E-state index in [0.29, 0.717) is 24.2 Å². The normalized spacial score (nSPS) is 10.8. The number of hydrogen-bond donors (Lipinski definition) is 2. The molecule has 21 heavy (non-hydrogen) atoms. The van der Waals surface area contributed by atoms with Gasteiger partial charge in [-0.3, -0.25) is 14.3 Å². The third-order valence-corrected chi connectivity index (χ3v) is 3.29. The fourth-order valence-corrected chi connectivity index (χ4v) is 2.20. The van der Waals surface area contributed by atoms with Gasteiger partial charge in [0.05, 0.1) is 17.0 Å². The Balaban J connectivity index is 2.17. The zero-order valence-electron chi connectivity index (χ0n) is 12.3. The fraction of sp³-hybridized carbons (Fsp3) is 0.429. The molecule has 2 aromatic heterocycles. The molecule has 0 bridgehead atoms. The number of pyridine rings is 1. The molecular formula is C14H18N4O3. The molecule has 2 rings (SSSR count). The van der Waals surface area contributed by atoms with Crippen molar-refractivity contribution in [3.05, 3.63) is 23.0 Å². The van der Waals surface area contributed by atoms with Crippen molar-refractivity contribution in [3.8, 4) is 0 Å². The van der Waals surface area contributed by atoms with Gasteiger partial charge in [0.25, 0.3) is 5.91 Å². The Morgan fingerprint density at radius 1 is 1.33 bits per heavy atom. The van der Waals surface area contributed by atoms with Gasteiger partial charge in [-0.15, -0.1) is 0 Å². The van der Waals surface area contributed by atoms with Crippen LogP contribution in [0.5, 0.6) is 0 Å². The molecule has 0 saturated heterocycles. The first-order chi connectivity index (χ1) is 9.90. The Morgan fingerprint density at radius 2 is 2.05 bits per heavy atom. The highest BCUT2D eigenvalue weighted by atomic mass is 16.4. The Kier molecular flexibility index (Phi) is 4.21. The van der Waals surface area contributed by atoms with Crippen molar-refractivity contribution >= 4 is 22.9 Å². The average Bonchev–Trinajstić information content (AvgIpc) is 2.68. The number of carbonyl (C=O) groups excluding carboxylic acids is 1. The van der Waals surface area contributed by atoms with E-state index in [2.05, 4.69) is 15.4 Å². The summed E-state index contributed by atoms with van der Waals surface area (Å²) in [6, 6.07) is 1.78. The summed E-state index contributed by atoms with van der Waals surface area (Å²) in [6.07, 6.45) is 0.444. The summed E-state index contributed by atoms with van der Waals surface area (Å²) in [5, 5.41) is 16.4. The van der Waals surface area contributed by atoms with Crippen molar-refractivity contribution < 1.29 is 14.7 Å². The van der Waals surface area contributed by atoms with E-state index in [9.17, 15) is 9.59 Å². The molecule has 0 fully saturated rings. The maximum absolute atomic E-state index is 12.1. The third kappa shape index (κ3) is 3.18. The van der Waals surface area contributed by atoms with Gasteiger partial charge in [-0.2, -0.15) is 5.10 Å². The highest BCUT2D eigenvalue weighted by Crippen LogP contribution is 2.19. The van der Waals surface area contributed by atoms with Crippen molar-refractivity contribution in [1.82, 2.24) is 20.1 Å². The molecule has 2 N–H and O–H groups in total. The van der Waals surface area contributed by atoms with Crippen LogP contribution in [0.25, 0.3) is 11.0 Å². The first-order valence-corrected chi connectivity index (χ1v) is 6.71. The van der Waals surface area contributed by atoms with E-state index in [0.717, 1.165) is 16.7 Å². The number of aromatic nitrogens is 3. The molecule has 0 spiro atoms. The summed E-state index contributed by atoms with van der Waals surface area (Å²) in [4.78, 5) is 27.0. The van der Waals surface area contributed by atoms with Gasteiger partial charge in [0.2, 0.25) is 0 Å². The van der Waals surface area contributed by atoms with Crippen LogP contribution in [0.3, 0.4) is 0 Å². The SMILES string of the molecule is Cc1nc2c(cc1C(=O)NCCCC(=O)O)c(C)nn2C. The molecular weight excluding hydrogens is 272 g/mol. The maximum Gasteiger partial charge on any atom is 0.303 e. The Morgan fingerprint density at radius 3 is 2.71 bits per heavy atom. The van der Waals surface area contributed by atoms with E-state index < -0.39 is 5.97 Å². The highest BCUT2D eigenvalue weighted by molar-refractivity contribution is 5.98. The molecule has 7 nitrogen and oxygen atoms in total. The molecule has 1 amide bonds. The topological polar surface area (TPSA) is 97.1 Å². The van der Waals surface area contributed by atoms with Gasteiger partial charge in [0, 0.05) is 25.4 Å². The molecule has 112 valence electrons. The first-order valence-electron chi connectivity index (χ1n) is 6.71. The lowest BCUT2D eigenvalue weighted by molar-refractivity contribution is -0.137. The second-order valence-electron chi connectivity index (χ2n) is 4.95. The smallest absolute Gasteiger partial charge is 0.303 e. The first kappa shape index (κ1) is 15.0. The van der Waals surface area contributed by atoms with Crippen LogP contribution in [-0.4, -0.2) is 38.3 Å². The van der Waals surface area contributed by atoms with Crippen LogP contribution in [0, 0.1) is 13.8 Å². The number of hydrogen-bond acceptors (Lipinski definition) is 4. The predicted octanol–water partition coefficient (Wildman–Crippen LogP) is 1.18. The van der Waals surface area contributed by atoms with Gasteiger partial charge in [0.15, 0.2) is 5.65 Å². The third-order valence-electron chi connectivity index (χ3n) is 3.29. The van der Waals surface area contributed by atoms with Gasteiger partial charge < -0.3 is 10.4 Å². The van der Waals surface area contributed by atoms with Gasteiger partial charge in [0.1, 0.15) is 0 Å². The molecule has 0 aromatic carbocycles. The zero-order chi connectivity index (χ0) is 15.6. The van der Waals surface area contributed by atoms with Gasteiger partial charge >= 0.3 is 5.97 Å². The van der Waals surface area contributed by atoms with Crippen molar-refractivity contribution in [2.24, 2.45) is 7.05 Å². The quantitative estimate of drug-likeness (QED) is 0.806. The number of fused-ring (bicyclic) bond motifs is 1. The van der Waals surface area contributed by atoms with Crippen LogP contribution in [0.1, 0.15) is 34.6 Å². The summed E-state index contributed by atoms with van der Waals surface area (Å²) < 4.78 is 1.69. The Bertz CT molecular complexity index is 706. The summed E-state index contributed by atoms with van der Waals surface area (Å²) in [5.41, 5.74) is 2.68. The Labute approximate surface area is 122 Å². The summed E-state index contributed by atoms with van der Waals surface area (Å²) in [6.45, 7) is 3.97. The molecule has 0 atom stereocenters. The molecule has 0 aliphatic heterocycles. The minimum absolute atomic E-state index is 0.0399. The van der Waals surface area contributed by atoms with E-state index >= 15 is 0 Å². The second kappa shape index (κ2) is 5.90. The van der Waals surface area contributed by atoms with Gasteiger partial charge in [-0.25, -0.2) is 4.98 Å². The van der Waals surface area contributed by atoms with Crippen LogP contribution < -0.4 is 5.32 Å². The lowest BCUT2D eigenvalue weighted by Crippen LogP contribution is -2.26. The number of carboxylic acid groups (broad SMARTS) is 1. The van der Waals surface area contributed by atoms with E-state index in [1.165, 1.54) is 0 Å². The van der Waals surface area contributed by atoms with Gasteiger partial charge in [-0.1, -0.05) is 0 Å². The average molecular weight is 290 g/mol. The van der Waals surface area contributed by atoms with E-state index in [1.54, 1.807) is 17.7 Å². The van der Waals surface area contributed by atoms with Crippen molar-refractivity contribution in [2.45, 2.75) is 26.7 Å². The van der Waals surface area contributed by atoms with E-state index in [1.807, 2.05) is 14.0 Å². The van der Waals surface area contributed by atoms with Crippen molar-refractivity contribution in [1.29, 1.82) is 0 Å². The van der Waals surface area contributed by atoms with E-state index in [-0.39, 0.29) is 12.3 Å². The number of nitrogens with zero attached hydrogens (tertiary/aromatic N) is 3. The fourth-order valence-electron chi connectivity index (χ4n) is 2.20. The number of amides is 1.